The number of phenols is 2. The summed E-state index contributed by atoms with van der Waals surface area (Å²) in [6.45, 7) is 1.48. The van der Waals surface area contributed by atoms with Gasteiger partial charge in [0, 0.05) is 18.1 Å². The van der Waals surface area contributed by atoms with Crippen molar-refractivity contribution >= 4 is 5.97 Å². The first-order chi connectivity index (χ1) is 16.4. The van der Waals surface area contributed by atoms with Gasteiger partial charge in [-0.2, -0.15) is 0 Å². The van der Waals surface area contributed by atoms with Crippen LogP contribution < -0.4 is 14.2 Å². The summed E-state index contributed by atoms with van der Waals surface area (Å²) in [5.74, 6) is 1.26. The van der Waals surface area contributed by atoms with E-state index in [1.165, 1.54) is 14.0 Å². The Labute approximate surface area is 197 Å². The fourth-order valence-corrected chi connectivity index (χ4v) is 5.07. The molecule has 0 saturated heterocycles. The number of carbonyl (C=O) groups is 1. The first kappa shape index (κ1) is 21.9. The molecule has 2 N–H and O–H groups in total. The molecule has 1 aliphatic carbocycles. The van der Waals surface area contributed by atoms with E-state index in [2.05, 4.69) is 0 Å². The van der Waals surface area contributed by atoms with Crippen LogP contribution >= 0.6 is 0 Å². The van der Waals surface area contributed by atoms with Crippen LogP contribution in [-0.2, 0) is 22.4 Å². The lowest BCUT2D eigenvalue weighted by Gasteiger charge is -2.25. The first-order valence-corrected chi connectivity index (χ1v) is 11.1. The predicted molar refractivity (Wildman–Crippen MR) is 125 cm³/mol. The molecule has 0 radical (unpaired) electrons. The number of benzene rings is 3. The van der Waals surface area contributed by atoms with E-state index in [0.29, 0.717) is 17.2 Å². The minimum absolute atomic E-state index is 0.0335. The van der Waals surface area contributed by atoms with Gasteiger partial charge in [-0.25, -0.2) is 0 Å². The van der Waals surface area contributed by atoms with Crippen LogP contribution in [0.4, 0.5) is 0 Å². The van der Waals surface area contributed by atoms with Crippen molar-refractivity contribution in [1.29, 1.82) is 0 Å². The molecular formula is C27H26O7. The van der Waals surface area contributed by atoms with Gasteiger partial charge in [0.15, 0.2) is 11.5 Å². The van der Waals surface area contributed by atoms with Crippen LogP contribution in [0.25, 0.3) is 11.1 Å². The molecule has 7 heteroatoms. The number of hydrogen-bond donors (Lipinski definition) is 2. The lowest BCUT2D eigenvalue weighted by molar-refractivity contribution is -0.141. The molecule has 3 aromatic carbocycles. The SMILES string of the molecule is COc1cc([C@@H]2Oc3cc4c(c(OC)c3[C@@H]2COC(C)=O)-c2ccc(O)cc2CC4)ccc1O. The predicted octanol–water partition coefficient (Wildman–Crippen LogP) is 4.66. The zero-order chi connectivity index (χ0) is 24.0. The zero-order valence-electron chi connectivity index (χ0n) is 19.3. The summed E-state index contributed by atoms with van der Waals surface area (Å²) in [7, 11) is 3.12. The van der Waals surface area contributed by atoms with E-state index in [4.69, 9.17) is 18.9 Å². The average Bonchev–Trinajstić information content (AvgIpc) is 3.19. The number of fused-ring (bicyclic) bond motifs is 4. The summed E-state index contributed by atoms with van der Waals surface area (Å²) in [6.07, 6.45) is 1.11. The monoisotopic (exact) mass is 462 g/mol. The lowest BCUT2D eigenvalue weighted by Crippen LogP contribution is -2.17. The zero-order valence-corrected chi connectivity index (χ0v) is 19.3. The molecular weight excluding hydrogens is 436 g/mol. The minimum Gasteiger partial charge on any atom is -0.508 e. The van der Waals surface area contributed by atoms with Crippen molar-refractivity contribution in [3.63, 3.8) is 0 Å². The summed E-state index contributed by atoms with van der Waals surface area (Å²) < 4.78 is 23.2. The molecule has 5 rings (SSSR count). The van der Waals surface area contributed by atoms with Crippen molar-refractivity contribution in [2.45, 2.75) is 31.8 Å². The van der Waals surface area contributed by atoms with Gasteiger partial charge in [-0.05, 0) is 65.4 Å². The summed E-state index contributed by atoms with van der Waals surface area (Å²) in [5.41, 5.74) is 5.77. The third kappa shape index (κ3) is 3.57. The number of hydrogen-bond acceptors (Lipinski definition) is 7. The molecule has 0 unspecified atom stereocenters. The van der Waals surface area contributed by atoms with Crippen LogP contribution in [0.2, 0.25) is 0 Å². The molecule has 0 aromatic heterocycles. The number of methoxy groups -OCH3 is 2. The van der Waals surface area contributed by atoms with E-state index in [-0.39, 0.29) is 30.0 Å². The second kappa shape index (κ2) is 8.48. The molecule has 0 spiro atoms. The third-order valence-electron chi connectivity index (χ3n) is 6.58. The molecule has 3 aromatic rings. The van der Waals surface area contributed by atoms with E-state index >= 15 is 0 Å². The van der Waals surface area contributed by atoms with Crippen LogP contribution in [0.3, 0.4) is 0 Å². The smallest absolute Gasteiger partial charge is 0.302 e. The largest absolute Gasteiger partial charge is 0.508 e. The Morgan fingerprint density at radius 2 is 1.82 bits per heavy atom. The number of esters is 1. The molecule has 2 atom stereocenters. The second-order valence-electron chi connectivity index (χ2n) is 8.58. The molecule has 176 valence electrons. The normalized spacial score (nSPS) is 17.7. The maximum Gasteiger partial charge on any atom is 0.302 e. The standard InChI is InChI=1S/C27H26O7/c1-14(28)33-13-20-25-23(34-26(20)17-6-9-21(30)22(12-17)31-2)11-16-5-4-15-10-18(29)7-8-19(15)24(16)27(25)32-3/h6-12,20,26,29-30H,4-5,13H2,1-3H3/t20-,26-/m0/s1. The van der Waals surface area contributed by atoms with Crippen molar-refractivity contribution in [3.8, 4) is 39.9 Å². The van der Waals surface area contributed by atoms with Gasteiger partial charge in [0.25, 0.3) is 0 Å². The topological polar surface area (TPSA) is 94.5 Å². The Kier molecular flexibility index (Phi) is 5.48. The fraction of sp³-hybridized carbons (Fsp3) is 0.296. The highest BCUT2D eigenvalue weighted by atomic mass is 16.5. The van der Waals surface area contributed by atoms with Gasteiger partial charge in [-0.1, -0.05) is 12.1 Å². The Morgan fingerprint density at radius 3 is 2.56 bits per heavy atom. The molecule has 0 saturated carbocycles. The Bertz CT molecular complexity index is 1280. The van der Waals surface area contributed by atoms with E-state index in [0.717, 1.165) is 46.2 Å². The number of aromatic hydroxyl groups is 2. The number of aryl methyl sites for hydroxylation is 2. The average molecular weight is 462 g/mol. The maximum absolute atomic E-state index is 11.7. The molecule has 1 heterocycles. The van der Waals surface area contributed by atoms with Crippen LogP contribution in [0.15, 0.2) is 42.5 Å². The molecule has 34 heavy (non-hydrogen) atoms. The van der Waals surface area contributed by atoms with E-state index in [1.807, 2.05) is 12.1 Å². The minimum atomic E-state index is -0.471. The van der Waals surface area contributed by atoms with Crippen LogP contribution in [0.1, 0.15) is 41.2 Å². The van der Waals surface area contributed by atoms with Gasteiger partial charge in [-0.3, -0.25) is 4.79 Å². The molecule has 0 bridgehead atoms. The molecule has 7 nitrogen and oxygen atoms in total. The fourth-order valence-electron chi connectivity index (χ4n) is 5.07. The summed E-state index contributed by atoms with van der Waals surface area (Å²) >= 11 is 0. The van der Waals surface area contributed by atoms with E-state index in [9.17, 15) is 15.0 Å². The van der Waals surface area contributed by atoms with E-state index in [1.54, 1.807) is 37.4 Å². The highest BCUT2D eigenvalue weighted by Crippen LogP contribution is 2.56. The Morgan fingerprint density at radius 1 is 1.03 bits per heavy atom. The molecule has 2 aliphatic rings. The summed E-state index contributed by atoms with van der Waals surface area (Å²) in [4.78, 5) is 11.7. The maximum atomic E-state index is 11.7. The number of rotatable bonds is 5. The molecule has 0 amide bonds. The van der Waals surface area contributed by atoms with Crippen molar-refractivity contribution in [2.24, 2.45) is 0 Å². The molecule has 0 fully saturated rings. The van der Waals surface area contributed by atoms with Gasteiger partial charge in [0.05, 0.1) is 20.1 Å². The van der Waals surface area contributed by atoms with Crippen molar-refractivity contribution in [3.05, 3.63) is 64.7 Å². The summed E-state index contributed by atoms with van der Waals surface area (Å²) in [6, 6.07) is 12.5. The number of ether oxygens (including phenoxy) is 4. The molecule has 1 aliphatic heterocycles. The Hall–Kier alpha value is -3.87. The third-order valence-corrected chi connectivity index (χ3v) is 6.58. The van der Waals surface area contributed by atoms with Crippen LogP contribution in [0.5, 0.6) is 28.7 Å². The lowest BCUT2D eigenvalue weighted by atomic mass is 9.81. The van der Waals surface area contributed by atoms with Crippen molar-refractivity contribution in [1.82, 2.24) is 0 Å². The van der Waals surface area contributed by atoms with Gasteiger partial charge in [0.2, 0.25) is 0 Å². The number of carbonyl (C=O) groups excluding carboxylic acids is 1. The first-order valence-electron chi connectivity index (χ1n) is 11.1. The van der Waals surface area contributed by atoms with E-state index < -0.39 is 6.10 Å². The van der Waals surface area contributed by atoms with Gasteiger partial charge >= 0.3 is 5.97 Å². The van der Waals surface area contributed by atoms with Gasteiger partial charge < -0.3 is 29.2 Å². The van der Waals surface area contributed by atoms with Crippen molar-refractivity contribution < 1.29 is 34.0 Å². The van der Waals surface area contributed by atoms with Crippen molar-refractivity contribution in [2.75, 3.05) is 20.8 Å². The second-order valence-corrected chi connectivity index (χ2v) is 8.58. The quantitative estimate of drug-likeness (QED) is 0.533. The van der Waals surface area contributed by atoms with Gasteiger partial charge in [-0.15, -0.1) is 0 Å². The number of phenolic OH excluding ortho intramolecular Hbond substituents is 2. The van der Waals surface area contributed by atoms with Crippen LogP contribution in [0, 0.1) is 0 Å². The Balaban J connectivity index is 1.67. The highest BCUT2D eigenvalue weighted by molar-refractivity contribution is 5.83. The summed E-state index contributed by atoms with van der Waals surface area (Å²) in [5, 5.41) is 20.0. The van der Waals surface area contributed by atoms with Gasteiger partial charge in [0.1, 0.15) is 30.0 Å². The van der Waals surface area contributed by atoms with Crippen LogP contribution in [-0.4, -0.2) is 37.0 Å². The highest BCUT2D eigenvalue weighted by Gasteiger charge is 2.41.